The van der Waals surface area contributed by atoms with Crippen molar-refractivity contribution >= 4 is 5.97 Å². The zero-order valence-corrected chi connectivity index (χ0v) is 7.75. The van der Waals surface area contributed by atoms with Crippen LogP contribution >= 0.6 is 0 Å². The molecule has 0 bridgehead atoms. The van der Waals surface area contributed by atoms with E-state index in [1.807, 2.05) is 18.2 Å². The third kappa shape index (κ3) is 8.95. The number of ether oxygens (including phenoxy) is 1. The van der Waals surface area contributed by atoms with Crippen LogP contribution in [0.2, 0.25) is 0 Å². The molecule has 0 unspecified atom stereocenters. The monoisotopic (exact) mass is 168 g/mol. The van der Waals surface area contributed by atoms with Gasteiger partial charge in [-0.2, -0.15) is 0 Å². The van der Waals surface area contributed by atoms with E-state index in [4.69, 9.17) is 0 Å². The fourth-order valence-corrected chi connectivity index (χ4v) is 0.641. The van der Waals surface area contributed by atoms with E-state index >= 15 is 0 Å². The molecule has 0 spiro atoms. The van der Waals surface area contributed by atoms with Gasteiger partial charge in [-0.15, -0.1) is 0 Å². The molecule has 0 aliphatic heterocycles. The second-order valence-electron chi connectivity index (χ2n) is 2.45. The Morgan fingerprint density at radius 1 is 1.33 bits per heavy atom. The van der Waals surface area contributed by atoms with Gasteiger partial charge in [-0.3, -0.25) is 4.79 Å². The summed E-state index contributed by atoms with van der Waals surface area (Å²) in [6.07, 6.45) is 10.0. The Balaban J connectivity index is 3.30. The number of esters is 1. The minimum Gasteiger partial charge on any atom is -0.462 e. The van der Waals surface area contributed by atoms with E-state index in [-0.39, 0.29) is 5.97 Å². The zero-order valence-electron chi connectivity index (χ0n) is 7.75. The van der Waals surface area contributed by atoms with E-state index < -0.39 is 0 Å². The van der Waals surface area contributed by atoms with Gasteiger partial charge in [-0.25, -0.2) is 0 Å². The Labute approximate surface area is 73.9 Å². The van der Waals surface area contributed by atoms with Crippen LogP contribution in [0, 0.1) is 0 Å². The van der Waals surface area contributed by atoms with Crippen molar-refractivity contribution in [3.8, 4) is 0 Å². The number of carbonyl (C=O) groups excluding carboxylic acids is 1. The van der Waals surface area contributed by atoms with Crippen molar-refractivity contribution in [1.82, 2.24) is 0 Å². The molecule has 0 aromatic carbocycles. The Morgan fingerprint density at radius 3 is 2.58 bits per heavy atom. The SMILES string of the molecule is CCCC=CC=CCOC(C)=O. The van der Waals surface area contributed by atoms with Crippen LogP contribution in [0.4, 0.5) is 0 Å². The standard InChI is InChI=1S/C10H16O2/c1-3-4-5-6-7-8-9-12-10(2)11/h5-8H,3-4,9H2,1-2H3. The van der Waals surface area contributed by atoms with E-state index in [1.165, 1.54) is 6.92 Å². The van der Waals surface area contributed by atoms with Gasteiger partial charge in [0.1, 0.15) is 6.61 Å². The summed E-state index contributed by atoms with van der Waals surface area (Å²) in [4.78, 5) is 10.3. The van der Waals surface area contributed by atoms with Crippen LogP contribution in [-0.2, 0) is 9.53 Å². The number of hydrogen-bond donors (Lipinski definition) is 0. The molecule has 0 aliphatic carbocycles. The smallest absolute Gasteiger partial charge is 0.302 e. The summed E-state index contributed by atoms with van der Waals surface area (Å²) in [7, 11) is 0. The summed E-state index contributed by atoms with van der Waals surface area (Å²) in [5.74, 6) is -0.239. The summed E-state index contributed by atoms with van der Waals surface area (Å²) < 4.78 is 4.69. The lowest BCUT2D eigenvalue weighted by molar-refractivity contribution is -0.139. The first-order chi connectivity index (χ1) is 5.77. The highest BCUT2D eigenvalue weighted by Gasteiger charge is 1.84. The van der Waals surface area contributed by atoms with E-state index in [1.54, 1.807) is 0 Å². The molecule has 0 atom stereocenters. The van der Waals surface area contributed by atoms with Gasteiger partial charge >= 0.3 is 5.97 Å². The highest BCUT2D eigenvalue weighted by molar-refractivity contribution is 5.65. The van der Waals surface area contributed by atoms with Crippen LogP contribution in [0.5, 0.6) is 0 Å². The van der Waals surface area contributed by atoms with Crippen molar-refractivity contribution in [2.24, 2.45) is 0 Å². The number of allylic oxidation sites excluding steroid dienone is 3. The number of unbranched alkanes of at least 4 members (excludes halogenated alkanes) is 1. The molecule has 0 saturated heterocycles. The van der Waals surface area contributed by atoms with Crippen LogP contribution in [-0.4, -0.2) is 12.6 Å². The normalized spacial score (nSPS) is 11.2. The van der Waals surface area contributed by atoms with Gasteiger partial charge in [0.25, 0.3) is 0 Å². The van der Waals surface area contributed by atoms with Crippen LogP contribution in [0.3, 0.4) is 0 Å². The van der Waals surface area contributed by atoms with Crippen LogP contribution in [0.15, 0.2) is 24.3 Å². The van der Waals surface area contributed by atoms with Gasteiger partial charge in [0.15, 0.2) is 0 Å². The molecule has 0 aromatic heterocycles. The Bertz CT molecular complexity index is 169. The molecule has 68 valence electrons. The first-order valence-electron chi connectivity index (χ1n) is 4.22. The summed E-state index contributed by atoms with van der Waals surface area (Å²) in [5.41, 5.74) is 0. The van der Waals surface area contributed by atoms with Crippen molar-refractivity contribution in [3.05, 3.63) is 24.3 Å². The zero-order chi connectivity index (χ0) is 9.23. The van der Waals surface area contributed by atoms with Crippen LogP contribution in [0.1, 0.15) is 26.7 Å². The molecular weight excluding hydrogens is 152 g/mol. The lowest BCUT2D eigenvalue weighted by Gasteiger charge is -1.92. The highest BCUT2D eigenvalue weighted by atomic mass is 16.5. The summed E-state index contributed by atoms with van der Waals surface area (Å²) in [6, 6.07) is 0. The molecule has 0 amide bonds. The molecular formula is C10H16O2. The first kappa shape index (κ1) is 11.0. The number of carbonyl (C=O) groups is 1. The van der Waals surface area contributed by atoms with Crippen molar-refractivity contribution < 1.29 is 9.53 Å². The predicted molar refractivity (Wildman–Crippen MR) is 49.8 cm³/mol. The van der Waals surface area contributed by atoms with Gasteiger partial charge in [0.05, 0.1) is 0 Å². The quantitative estimate of drug-likeness (QED) is 0.465. The predicted octanol–water partition coefficient (Wildman–Crippen LogP) is 2.46. The van der Waals surface area contributed by atoms with E-state index in [2.05, 4.69) is 17.7 Å². The minimum atomic E-state index is -0.239. The van der Waals surface area contributed by atoms with Gasteiger partial charge < -0.3 is 4.74 Å². The fraction of sp³-hybridized carbons (Fsp3) is 0.500. The Hall–Kier alpha value is -1.05. The minimum absolute atomic E-state index is 0.239. The molecule has 0 aromatic rings. The third-order valence-electron chi connectivity index (χ3n) is 1.22. The van der Waals surface area contributed by atoms with Gasteiger partial charge in [-0.05, 0) is 12.5 Å². The largest absolute Gasteiger partial charge is 0.462 e. The van der Waals surface area contributed by atoms with Gasteiger partial charge in [-0.1, -0.05) is 31.6 Å². The number of rotatable bonds is 5. The van der Waals surface area contributed by atoms with Gasteiger partial charge in [0.2, 0.25) is 0 Å². The van der Waals surface area contributed by atoms with Gasteiger partial charge in [0, 0.05) is 6.92 Å². The maximum absolute atomic E-state index is 10.3. The molecule has 2 nitrogen and oxygen atoms in total. The van der Waals surface area contributed by atoms with Crippen molar-refractivity contribution in [1.29, 1.82) is 0 Å². The third-order valence-corrected chi connectivity index (χ3v) is 1.22. The lowest BCUT2D eigenvalue weighted by atomic mass is 10.3. The molecule has 12 heavy (non-hydrogen) atoms. The Morgan fingerprint density at radius 2 is 2.00 bits per heavy atom. The first-order valence-corrected chi connectivity index (χ1v) is 4.22. The summed E-state index contributed by atoms with van der Waals surface area (Å²) in [5, 5.41) is 0. The van der Waals surface area contributed by atoms with Crippen molar-refractivity contribution in [2.75, 3.05) is 6.61 Å². The molecule has 0 aliphatic rings. The molecule has 2 heteroatoms. The molecule has 0 saturated carbocycles. The molecule has 0 heterocycles. The lowest BCUT2D eigenvalue weighted by Crippen LogP contribution is -1.96. The maximum atomic E-state index is 10.3. The molecule has 0 radical (unpaired) electrons. The average molecular weight is 168 g/mol. The second kappa shape index (κ2) is 8.05. The summed E-state index contributed by atoms with van der Waals surface area (Å²) >= 11 is 0. The van der Waals surface area contributed by atoms with E-state index in [0.717, 1.165) is 12.8 Å². The second-order valence-corrected chi connectivity index (χ2v) is 2.45. The van der Waals surface area contributed by atoms with Crippen LogP contribution < -0.4 is 0 Å². The topological polar surface area (TPSA) is 26.3 Å². The fourth-order valence-electron chi connectivity index (χ4n) is 0.641. The Kier molecular flexibility index (Phi) is 7.35. The van der Waals surface area contributed by atoms with E-state index in [0.29, 0.717) is 6.61 Å². The molecule has 0 N–H and O–H groups in total. The van der Waals surface area contributed by atoms with E-state index in [9.17, 15) is 4.79 Å². The maximum Gasteiger partial charge on any atom is 0.302 e. The highest BCUT2D eigenvalue weighted by Crippen LogP contribution is 1.88. The summed E-state index contributed by atoms with van der Waals surface area (Å²) in [6.45, 7) is 3.90. The number of hydrogen-bond acceptors (Lipinski definition) is 2. The average Bonchev–Trinajstić information content (AvgIpc) is 2.02. The molecule has 0 fully saturated rings. The molecule has 0 rings (SSSR count). The van der Waals surface area contributed by atoms with Crippen molar-refractivity contribution in [2.45, 2.75) is 26.7 Å². The van der Waals surface area contributed by atoms with Crippen molar-refractivity contribution in [3.63, 3.8) is 0 Å². The van der Waals surface area contributed by atoms with Crippen LogP contribution in [0.25, 0.3) is 0 Å².